The zero-order valence-corrected chi connectivity index (χ0v) is 11.7. The van der Waals surface area contributed by atoms with E-state index < -0.39 is 0 Å². The fourth-order valence-electron chi connectivity index (χ4n) is 1.65. The normalized spacial score (nSPS) is 17.4. The van der Waals surface area contributed by atoms with Crippen molar-refractivity contribution in [2.24, 2.45) is 12.2 Å². The Hall–Kier alpha value is -1.37. The molecule has 1 aromatic rings. The Kier molecular flexibility index (Phi) is 3.43. The van der Waals surface area contributed by atoms with Gasteiger partial charge in [-0.05, 0) is 13.8 Å². The van der Waals surface area contributed by atoms with E-state index in [-0.39, 0.29) is 11.4 Å². The molecule has 98 valence electrons. The standard InChI is InChI=1S/C11H16N4O2S/c1-7(16)10-8(12-15(4)13-10)6-18-9-5-11(2,3)17-14-9/h5-6H2,1-4H3. The second-order valence-corrected chi connectivity index (χ2v) is 5.89. The molecule has 0 aliphatic carbocycles. The third-order valence-electron chi connectivity index (χ3n) is 2.46. The van der Waals surface area contributed by atoms with Crippen molar-refractivity contribution in [3.05, 3.63) is 11.4 Å². The lowest BCUT2D eigenvalue weighted by atomic mass is 10.1. The lowest BCUT2D eigenvalue weighted by molar-refractivity contribution is 0.0123. The highest BCUT2D eigenvalue weighted by Crippen LogP contribution is 2.29. The number of carbonyl (C=O) groups is 1. The minimum atomic E-state index is -0.228. The number of aryl methyl sites for hydroxylation is 1. The van der Waals surface area contributed by atoms with Gasteiger partial charge in [0.05, 0.1) is 0 Å². The first-order chi connectivity index (χ1) is 8.37. The average molecular weight is 268 g/mol. The third-order valence-corrected chi connectivity index (χ3v) is 3.43. The van der Waals surface area contributed by atoms with E-state index in [0.29, 0.717) is 17.1 Å². The molecule has 2 heterocycles. The summed E-state index contributed by atoms with van der Waals surface area (Å²) in [4.78, 5) is 18.1. The van der Waals surface area contributed by atoms with E-state index >= 15 is 0 Å². The number of thioether (sulfide) groups is 1. The topological polar surface area (TPSA) is 69.4 Å². The first-order valence-corrected chi connectivity index (χ1v) is 6.65. The monoisotopic (exact) mass is 268 g/mol. The van der Waals surface area contributed by atoms with Crippen LogP contribution in [-0.2, 0) is 17.6 Å². The van der Waals surface area contributed by atoms with Gasteiger partial charge >= 0.3 is 0 Å². The molecule has 2 rings (SSSR count). The van der Waals surface area contributed by atoms with Gasteiger partial charge in [0, 0.05) is 26.1 Å². The number of Topliss-reactive ketones (excluding diaryl/α,β-unsaturated/α-hetero) is 1. The molecular formula is C11H16N4O2S. The summed E-state index contributed by atoms with van der Waals surface area (Å²) in [7, 11) is 1.71. The number of hydrogen-bond acceptors (Lipinski definition) is 6. The lowest BCUT2D eigenvalue weighted by Gasteiger charge is -2.12. The van der Waals surface area contributed by atoms with Crippen LogP contribution in [0.15, 0.2) is 5.16 Å². The summed E-state index contributed by atoms with van der Waals surface area (Å²) in [5.74, 6) is 0.518. The van der Waals surface area contributed by atoms with Gasteiger partial charge < -0.3 is 4.84 Å². The molecular weight excluding hydrogens is 252 g/mol. The highest BCUT2D eigenvalue weighted by Gasteiger charge is 2.29. The van der Waals surface area contributed by atoms with E-state index in [1.54, 1.807) is 18.8 Å². The summed E-state index contributed by atoms with van der Waals surface area (Å²) in [6.45, 7) is 5.48. The number of carbonyl (C=O) groups excluding carboxylic acids is 1. The van der Waals surface area contributed by atoms with Crippen molar-refractivity contribution in [3.8, 4) is 0 Å². The molecule has 0 atom stereocenters. The van der Waals surface area contributed by atoms with Crippen LogP contribution >= 0.6 is 11.8 Å². The van der Waals surface area contributed by atoms with Gasteiger partial charge in [0.1, 0.15) is 16.3 Å². The molecule has 7 heteroatoms. The van der Waals surface area contributed by atoms with Crippen molar-refractivity contribution >= 4 is 22.6 Å². The summed E-state index contributed by atoms with van der Waals surface area (Å²) >= 11 is 1.54. The summed E-state index contributed by atoms with van der Waals surface area (Å²) in [6, 6.07) is 0. The van der Waals surface area contributed by atoms with Crippen LogP contribution in [0.25, 0.3) is 0 Å². The van der Waals surface area contributed by atoms with Crippen LogP contribution < -0.4 is 0 Å². The van der Waals surface area contributed by atoms with Crippen LogP contribution in [0, 0.1) is 0 Å². The molecule has 1 aliphatic rings. The van der Waals surface area contributed by atoms with Gasteiger partial charge in [-0.3, -0.25) is 4.79 Å². The minimum absolute atomic E-state index is 0.0661. The van der Waals surface area contributed by atoms with Crippen LogP contribution in [-0.4, -0.2) is 31.4 Å². The van der Waals surface area contributed by atoms with Crippen molar-refractivity contribution < 1.29 is 9.63 Å². The van der Waals surface area contributed by atoms with Gasteiger partial charge in [0.15, 0.2) is 11.5 Å². The fraction of sp³-hybridized carbons (Fsp3) is 0.636. The highest BCUT2D eigenvalue weighted by molar-refractivity contribution is 8.13. The second-order valence-electron chi connectivity index (χ2n) is 4.84. The van der Waals surface area contributed by atoms with E-state index in [4.69, 9.17) is 4.84 Å². The minimum Gasteiger partial charge on any atom is -0.389 e. The predicted molar refractivity (Wildman–Crippen MR) is 69.5 cm³/mol. The SMILES string of the molecule is CC(=O)c1nn(C)nc1CSC1=NOC(C)(C)C1. The van der Waals surface area contributed by atoms with E-state index in [1.807, 2.05) is 13.8 Å². The molecule has 1 aliphatic heterocycles. The number of rotatable bonds is 3. The molecule has 0 fully saturated rings. The number of nitrogens with zero attached hydrogens (tertiary/aromatic N) is 4. The van der Waals surface area contributed by atoms with Crippen LogP contribution in [0.5, 0.6) is 0 Å². The van der Waals surface area contributed by atoms with Crippen molar-refractivity contribution in [2.45, 2.75) is 38.5 Å². The Bertz CT molecular complexity index is 507. The largest absolute Gasteiger partial charge is 0.389 e. The molecule has 0 radical (unpaired) electrons. The van der Waals surface area contributed by atoms with Gasteiger partial charge in [0.25, 0.3) is 0 Å². The predicted octanol–water partition coefficient (Wildman–Crippen LogP) is 1.76. The Morgan fingerprint density at radius 1 is 1.50 bits per heavy atom. The first-order valence-electron chi connectivity index (χ1n) is 5.66. The van der Waals surface area contributed by atoms with Gasteiger partial charge in [-0.25, -0.2) is 0 Å². The second kappa shape index (κ2) is 4.72. The van der Waals surface area contributed by atoms with Crippen LogP contribution in [0.2, 0.25) is 0 Å². The summed E-state index contributed by atoms with van der Waals surface area (Å²) in [5.41, 5.74) is 0.903. The quantitative estimate of drug-likeness (QED) is 0.781. The van der Waals surface area contributed by atoms with Crippen LogP contribution in [0.4, 0.5) is 0 Å². The zero-order valence-electron chi connectivity index (χ0n) is 10.9. The third kappa shape index (κ3) is 2.90. The molecule has 0 saturated carbocycles. The molecule has 18 heavy (non-hydrogen) atoms. The maximum Gasteiger partial charge on any atom is 0.181 e. The van der Waals surface area contributed by atoms with Crippen LogP contribution in [0.1, 0.15) is 43.4 Å². The number of oxime groups is 1. The summed E-state index contributed by atoms with van der Waals surface area (Å²) < 4.78 is 0. The van der Waals surface area contributed by atoms with E-state index in [2.05, 4.69) is 15.4 Å². The Morgan fingerprint density at radius 3 is 2.78 bits per heavy atom. The van der Waals surface area contributed by atoms with Crippen LogP contribution in [0.3, 0.4) is 0 Å². The maximum atomic E-state index is 11.4. The molecule has 0 bridgehead atoms. The van der Waals surface area contributed by atoms with Crippen molar-refractivity contribution in [3.63, 3.8) is 0 Å². The average Bonchev–Trinajstić information content (AvgIpc) is 2.78. The van der Waals surface area contributed by atoms with Crippen molar-refractivity contribution in [2.75, 3.05) is 0 Å². The van der Waals surface area contributed by atoms with Gasteiger partial charge in [0.2, 0.25) is 0 Å². The fourth-order valence-corrected chi connectivity index (χ4v) is 2.69. The Balaban J connectivity index is 2.01. The Labute approximate surface area is 110 Å². The zero-order chi connectivity index (χ0) is 13.3. The Morgan fingerprint density at radius 2 is 2.22 bits per heavy atom. The number of hydrogen-bond donors (Lipinski definition) is 0. The molecule has 0 saturated heterocycles. The molecule has 0 N–H and O–H groups in total. The van der Waals surface area contributed by atoms with E-state index in [9.17, 15) is 4.79 Å². The van der Waals surface area contributed by atoms with Crippen molar-refractivity contribution in [1.29, 1.82) is 0 Å². The maximum absolute atomic E-state index is 11.4. The number of ketones is 1. The molecule has 0 spiro atoms. The van der Waals surface area contributed by atoms with E-state index in [0.717, 1.165) is 11.5 Å². The highest BCUT2D eigenvalue weighted by atomic mass is 32.2. The van der Waals surface area contributed by atoms with E-state index in [1.165, 1.54) is 11.7 Å². The molecule has 0 unspecified atom stereocenters. The molecule has 0 amide bonds. The molecule has 1 aromatic heterocycles. The summed E-state index contributed by atoms with van der Waals surface area (Å²) in [5, 5.41) is 13.2. The molecule has 6 nitrogen and oxygen atoms in total. The lowest BCUT2D eigenvalue weighted by Crippen LogP contribution is -2.18. The summed E-state index contributed by atoms with van der Waals surface area (Å²) in [6.07, 6.45) is 0.785. The first kappa shape index (κ1) is 13.1. The van der Waals surface area contributed by atoms with Crippen molar-refractivity contribution in [1.82, 2.24) is 15.0 Å². The smallest absolute Gasteiger partial charge is 0.181 e. The number of aromatic nitrogens is 3. The van der Waals surface area contributed by atoms with Gasteiger partial charge in [-0.15, -0.1) is 11.8 Å². The van der Waals surface area contributed by atoms with Gasteiger partial charge in [-0.1, -0.05) is 5.16 Å². The van der Waals surface area contributed by atoms with Gasteiger partial charge in [-0.2, -0.15) is 15.0 Å². The molecule has 0 aromatic carbocycles.